The highest BCUT2D eigenvalue weighted by Crippen LogP contribution is 2.28. The third-order valence-electron chi connectivity index (χ3n) is 5.88. The van der Waals surface area contributed by atoms with E-state index in [9.17, 15) is 13.2 Å². The molecule has 160 valence electrons. The zero-order chi connectivity index (χ0) is 21.3. The molecule has 2 aliphatic heterocycles. The molecule has 0 bridgehead atoms. The number of aryl methyl sites for hydroxylation is 1. The summed E-state index contributed by atoms with van der Waals surface area (Å²) in [4.78, 5) is 17.5. The van der Waals surface area contributed by atoms with Gasteiger partial charge in [0, 0.05) is 43.4 Å². The SMILES string of the molecule is Cc1ccc(S(=O)(=O)N2CCC[C@@H]2C(=O)N2CCN(c3cccc(Cl)c3)CC2)cc1. The number of hydrogen-bond donors (Lipinski definition) is 0. The van der Waals surface area contributed by atoms with Crippen LogP contribution in [0.3, 0.4) is 0 Å². The largest absolute Gasteiger partial charge is 0.368 e. The predicted molar refractivity (Wildman–Crippen MR) is 118 cm³/mol. The van der Waals surface area contributed by atoms with Crippen molar-refractivity contribution in [2.45, 2.75) is 30.7 Å². The van der Waals surface area contributed by atoms with Crippen LogP contribution in [0, 0.1) is 6.92 Å². The molecule has 0 saturated carbocycles. The van der Waals surface area contributed by atoms with E-state index in [1.807, 2.05) is 31.2 Å². The number of rotatable bonds is 4. The maximum atomic E-state index is 13.2. The van der Waals surface area contributed by atoms with Gasteiger partial charge in [-0.3, -0.25) is 4.79 Å². The lowest BCUT2D eigenvalue weighted by atomic mass is 10.1. The first-order chi connectivity index (χ1) is 14.4. The number of amides is 1. The minimum atomic E-state index is -3.69. The summed E-state index contributed by atoms with van der Waals surface area (Å²) in [6, 6.07) is 13.9. The van der Waals surface area contributed by atoms with E-state index in [1.54, 1.807) is 29.2 Å². The van der Waals surface area contributed by atoms with Crippen LogP contribution in [0.4, 0.5) is 5.69 Å². The Bertz CT molecular complexity index is 1020. The van der Waals surface area contributed by atoms with Crippen LogP contribution in [0.2, 0.25) is 5.02 Å². The van der Waals surface area contributed by atoms with Crippen molar-refractivity contribution in [2.75, 3.05) is 37.6 Å². The van der Waals surface area contributed by atoms with Crippen molar-refractivity contribution in [3.05, 3.63) is 59.1 Å². The molecule has 0 aromatic heterocycles. The normalized spacial score (nSPS) is 20.5. The van der Waals surface area contributed by atoms with Crippen LogP contribution >= 0.6 is 11.6 Å². The first-order valence-electron chi connectivity index (χ1n) is 10.2. The first-order valence-corrected chi connectivity index (χ1v) is 12.1. The van der Waals surface area contributed by atoms with E-state index >= 15 is 0 Å². The molecule has 30 heavy (non-hydrogen) atoms. The van der Waals surface area contributed by atoms with Crippen LogP contribution in [0.15, 0.2) is 53.4 Å². The number of nitrogens with zero attached hydrogens (tertiary/aromatic N) is 3. The molecule has 2 saturated heterocycles. The molecular weight excluding hydrogens is 422 g/mol. The summed E-state index contributed by atoms with van der Waals surface area (Å²) >= 11 is 6.09. The Kier molecular flexibility index (Phi) is 6.04. The molecule has 2 aromatic carbocycles. The number of benzene rings is 2. The average Bonchev–Trinajstić information content (AvgIpc) is 3.24. The topological polar surface area (TPSA) is 60.9 Å². The van der Waals surface area contributed by atoms with E-state index in [2.05, 4.69) is 4.90 Å². The summed E-state index contributed by atoms with van der Waals surface area (Å²) < 4.78 is 27.7. The van der Waals surface area contributed by atoms with E-state index in [1.165, 1.54) is 4.31 Å². The number of piperazine rings is 1. The van der Waals surface area contributed by atoms with Gasteiger partial charge >= 0.3 is 0 Å². The zero-order valence-electron chi connectivity index (χ0n) is 17.0. The lowest BCUT2D eigenvalue weighted by Crippen LogP contribution is -2.54. The fourth-order valence-electron chi connectivity index (χ4n) is 4.19. The highest BCUT2D eigenvalue weighted by Gasteiger charge is 2.41. The van der Waals surface area contributed by atoms with Crippen molar-refractivity contribution in [3.63, 3.8) is 0 Å². The highest BCUT2D eigenvalue weighted by molar-refractivity contribution is 7.89. The molecular formula is C22H26ClN3O3S. The van der Waals surface area contributed by atoms with Crippen molar-refractivity contribution in [1.29, 1.82) is 0 Å². The Hall–Kier alpha value is -2.09. The summed E-state index contributed by atoms with van der Waals surface area (Å²) in [5, 5.41) is 0.689. The molecule has 2 heterocycles. The monoisotopic (exact) mass is 447 g/mol. The van der Waals surface area contributed by atoms with E-state index in [4.69, 9.17) is 11.6 Å². The van der Waals surface area contributed by atoms with Crippen molar-refractivity contribution in [3.8, 4) is 0 Å². The molecule has 2 fully saturated rings. The second kappa shape index (κ2) is 8.57. The molecule has 0 unspecified atom stereocenters. The minimum absolute atomic E-state index is 0.0890. The van der Waals surface area contributed by atoms with E-state index in [-0.39, 0.29) is 10.8 Å². The van der Waals surface area contributed by atoms with Gasteiger partial charge in [-0.05, 0) is 50.1 Å². The highest BCUT2D eigenvalue weighted by atomic mass is 35.5. The summed E-state index contributed by atoms with van der Waals surface area (Å²) in [7, 11) is -3.69. The molecule has 0 radical (unpaired) electrons. The second-order valence-electron chi connectivity index (χ2n) is 7.88. The molecule has 8 heteroatoms. The number of anilines is 1. The number of halogens is 1. The lowest BCUT2D eigenvalue weighted by molar-refractivity contribution is -0.134. The molecule has 0 N–H and O–H groups in total. The van der Waals surface area contributed by atoms with Gasteiger partial charge in [-0.15, -0.1) is 0 Å². The predicted octanol–water partition coefficient (Wildman–Crippen LogP) is 3.15. The molecule has 1 atom stereocenters. The Morgan fingerprint density at radius 1 is 1.00 bits per heavy atom. The van der Waals surface area contributed by atoms with Gasteiger partial charge < -0.3 is 9.80 Å². The molecule has 0 aliphatic carbocycles. The third kappa shape index (κ3) is 4.19. The van der Waals surface area contributed by atoms with E-state index in [0.717, 1.165) is 11.3 Å². The lowest BCUT2D eigenvalue weighted by Gasteiger charge is -2.38. The Balaban J connectivity index is 1.45. The molecule has 1 amide bonds. The summed E-state index contributed by atoms with van der Waals surface area (Å²) in [5.41, 5.74) is 2.04. The van der Waals surface area contributed by atoms with Gasteiger partial charge in [-0.25, -0.2) is 8.42 Å². The maximum absolute atomic E-state index is 13.2. The zero-order valence-corrected chi connectivity index (χ0v) is 18.6. The van der Waals surface area contributed by atoms with Gasteiger partial charge in [0.1, 0.15) is 6.04 Å². The molecule has 2 aliphatic rings. The van der Waals surface area contributed by atoms with Crippen LogP contribution in [-0.4, -0.2) is 62.3 Å². The third-order valence-corrected chi connectivity index (χ3v) is 8.04. The van der Waals surface area contributed by atoms with Gasteiger partial charge in [0.25, 0.3) is 0 Å². The van der Waals surface area contributed by atoms with Gasteiger partial charge in [0.15, 0.2) is 0 Å². The van der Waals surface area contributed by atoms with Gasteiger partial charge in [-0.1, -0.05) is 35.4 Å². The van der Waals surface area contributed by atoms with E-state index in [0.29, 0.717) is 50.6 Å². The van der Waals surface area contributed by atoms with Crippen LogP contribution in [0.1, 0.15) is 18.4 Å². The maximum Gasteiger partial charge on any atom is 0.243 e. The van der Waals surface area contributed by atoms with Gasteiger partial charge in [0.05, 0.1) is 4.90 Å². The molecule has 0 spiro atoms. The van der Waals surface area contributed by atoms with Gasteiger partial charge in [0.2, 0.25) is 15.9 Å². The standard InChI is InChI=1S/C22H26ClN3O3S/c1-17-7-9-20(10-8-17)30(28,29)26-11-3-6-21(26)22(27)25-14-12-24(13-15-25)19-5-2-4-18(23)16-19/h2,4-5,7-10,16,21H,3,6,11-15H2,1H3/t21-/m1/s1. The van der Waals surface area contributed by atoms with Crippen LogP contribution in [0.5, 0.6) is 0 Å². The van der Waals surface area contributed by atoms with Crippen LogP contribution in [-0.2, 0) is 14.8 Å². The van der Waals surface area contributed by atoms with E-state index < -0.39 is 16.1 Å². The van der Waals surface area contributed by atoms with Crippen molar-refractivity contribution in [1.82, 2.24) is 9.21 Å². The quantitative estimate of drug-likeness (QED) is 0.722. The van der Waals surface area contributed by atoms with Crippen LogP contribution < -0.4 is 4.90 Å². The molecule has 6 nitrogen and oxygen atoms in total. The summed E-state index contributed by atoms with van der Waals surface area (Å²) in [6.07, 6.45) is 1.27. The molecule has 2 aromatic rings. The van der Waals surface area contributed by atoms with Crippen molar-refractivity contribution >= 4 is 33.2 Å². The smallest absolute Gasteiger partial charge is 0.243 e. The number of sulfonamides is 1. The van der Waals surface area contributed by atoms with Crippen LogP contribution in [0.25, 0.3) is 0 Å². The minimum Gasteiger partial charge on any atom is -0.368 e. The number of hydrogen-bond acceptors (Lipinski definition) is 4. The van der Waals surface area contributed by atoms with Gasteiger partial charge in [-0.2, -0.15) is 4.31 Å². The second-order valence-corrected chi connectivity index (χ2v) is 10.2. The Labute approximate surface area is 183 Å². The summed E-state index contributed by atoms with van der Waals surface area (Å²) in [6.45, 7) is 4.84. The summed E-state index contributed by atoms with van der Waals surface area (Å²) in [5.74, 6) is -0.0890. The molecule has 4 rings (SSSR count). The fraction of sp³-hybridized carbons (Fsp3) is 0.409. The number of carbonyl (C=O) groups is 1. The Morgan fingerprint density at radius 2 is 1.70 bits per heavy atom. The Morgan fingerprint density at radius 3 is 2.37 bits per heavy atom. The average molecular weight is 448 g/mol. The van der Waals surface area contributed by atoms with Crippen molar-refractivity contribution < 1.29 is 13.2 Å². The first kappa shape index (κ1) is 21.2. The fourth-order valence-corrected chi connectivity index (χ4v) is 6.02. The van der Waals surface area contributed by atoms with Crippen molar-refractivity contribution in [2.24, 2.45) is 0 Å². The number of carbonyl (C=O) groups excluding carboxylic acids is 1.